The van der Waals surface area contributed by atoms with Gasteiger partial charge in [-0.05, 0) is 0 Å². The Balaban J connectivity index is 0.00000147. The summed E-state index contributed by atoms with van der Waals surface area (Å²) in [4.78, 5) is 11.9. The number of fused-ring (bicyclic) bond motifs is 1. The van der Waals surface area contributed by atoms with E-state index in [1.807, 2.05) is 0 Å². The fourth-order valence-electron chi connectivity index (χ4n) is 2.17. The molecule has 9 nitrogen and oxygen atoms in total. The van der Waals surface area contributed by atoms with Gasteiger partial charge in [-0.1, -0.05) is 0 Å². The van der Waals surface area contributed by atoms with Crippen molar-refractivity contribution in [3.05, 3.63) is 12.7 Å². The average Bonchev–Trinajstić information content (AvgIpc) is 2.94. The van der Waals surface area contributed by atoms with E-state index in [2.05, 4.69) is 15.0 Å². The molecule has 5 N–H and O–H groups in total. The van der Waals surface area contributed by atoms with Crippen LogP contribution in [0.4, 0.5) is 5.82 Å². The fraction of sp³-hybridized carbons (Fsp3) is 0.500. The smallest absolute Gasteiger partial charge is 0.167 e. The third-order valence-electron chi connectivity index (χ3n) is 3.18. The topological polar surface area (TPSA) is 140 Å². The Kier molecular flexibility index (Phi) is 4.59. The van der Waals surface area contributed by atoms with Gasteiger partial charge in [-0.25, -0.2) is 15.0 Å². The molecule has 0 saturated carbocycles. The van der Waals surface area contributed by atoms with Gasteiger partial charge in [0, 0.05) is 29.6 Å². The molecule has 3 heterocycles. The van der Waals surface area contributed by atoms with Gasteiger partial charge in [0.1, 0.15) is 30.2 Å². The number of nitrogen functional groups attached to an aromatic ring is 1. The molecule has 1 aliphatic heterocycles. The largest absolute Gasteiger partial charge is 0.394 e. The molecule has 0 unspecified atom stereocenters. The van der Waals surface area contributed by atoms with Crippen molar-refractivity contribution in [2.24, 2.45) is 0 Å². The standard InChI is InChI=1S/C10H13N5O4.Na/c11-8-5-9(13-2-12-8)15(3-14-5)10-7(18)6(17)4(1-16)19-10;/h2-4,6-7,10,16-18H,1H2,(H2,11,12,13);/t4-,6-,7-,10-;/m1./s1. The third kappa shape index (κ3) is 2.31. The first-order valence-corrected chi connectivity index (χ1v) is 5.69. The van der Waals surface area contributed by atoms with E-state index in [9.17, 15) is 10.2 Å². The minimum absolute atomic E-state index is 0. The Bertz CT molecular complexity index is 608. The van der Waals surface area contributed by atoms with Crippen LogP contribution in [-0.4, -0.2) is 89.3 Å². The summed E-state index contributed by atoms with van der Waals surface area (Å²) < 4.78 is 6.85. The molecule has 20 heavy (non-hydrogen) atoms. The van der Waals surface area contributed by atoms with Gasteiger partial charge in [-0.15, -0.1) is 0 Å². The summed E-state index contributed by atoms with van der Waals surface area (Å²) in [5, 5.41) is 28.7. The van der Waals surface area contributed by atoms with Crippen LogP contribution in [0.5, 0.6) is 0 Å². The number of ether oxygens (including phenoxy) is 1. The molecule has 0 aromatic carbocycles. The molecule has 3 rings (SSSR count). The van der Waals surface area contributed by atoms with E-state index in [0.29, 0.717) is 11.2 Å². The van der Waals surface area contributed by atoms with Crippen LogP contribution in [0, 0.1) is 0 Å². The van der Waals surface area contributed by atoms with Crippen LogP contribution in [-0.2, 0) is 4.74 Å². The van der Waals surface area contributed by atoms with Crippen molar-refractivity contribution in [3.8, 4) is 0 Å². The zero-order valence-corrected chi connectivity index (χ0v) is 12.8. The maximum absolute atomic E-state index is 9.95. The molecular formula is C10H13N5NaO4. The van der Waals surface area contributed by atoms with E-state index < -0.39 is 31.1 Å². The Hall–Kier alpha value is -0.810. The average molecular weight is 290 g/mol. The van der Waals surface area contributed by atoms with Crippen molar-refractivity contribution in [2.75, 3.05) is 12.3 Å². The number of aromatic nitrogens is 4. The number of imidazole rings is 1. The van der Waals surface area contributed by atoms with E-state index in [1.54, 1.807) is 0 Å². The van der Waals surface area contributed by atoms with Crippen molar-refractivity contribution < 1.29 is 20.1 Å². The second kappa shape index (κ2) is 5.90. The van der Waals surface area contributed by atoms with Crippen molar-refractivity contribution in [3.63, 3.8) is 0 Å². The number of nitrogens with zero attached hydrogens (tertiary/aromatic N) is 4. The minimum atomic E-state index is -1.19. The Labute approximate surface area is 135 Å². The Morgan fingerprint density at radius 3 is 2.65 bits per heavy atom. The maximum atomic E-state index is 9.95. The van der Waals surface area contributed by atoms with Crippen LogP contribution in [0.15, 0.2) is 12.7 Å². The molecule has 1 aliphatic rings. The first-order valence-electron chi connectivity index (χ1n) is 5.69. The molecule has 0 aliphatic carbocycles. The van der Waals surface area contributed by atoms with E-state index in [0.717, 1.165) is 0 Å². The number of hydrogen-bond acceptors (Lipinski definition) is 8. The van der Waals surface area contributed by atoms with Crippen molar-refractivity contribution in [1.82, 2.24) is 19.5 Å². The van der Waals surface area contributed by atoms with Crippen LogP contribution >= 0.6 is 0 Å². The molecular weight excluding hydrogens is 277 g/mol. The molecule has 2 aromatic heterocycles. The summed E-state index contributed by atoms with van der Waals surface area (Å²) in [5.41, 5.74) is 6.44. The van der Waals surface area contributed by atoms with Gasteiger partial charge in [0.25, 0.3) is 0 Å². The minimum Gasteiger partial charge on any atom is -0.394 e. The summed E-state index contributed by atoms with van der Waals surface area (Å²) in [5.74, 6) is 0.218. The zero-order chi connectivity index (χ0) is 13.6. The normalized spacial score (nSPS) is 29.6. The predicted molar refractivity (Wildman–Crippen MR) is 68.5 cm³/mol. The van der Waals surface area contributed by atoms with Crippen molar-refractivity contribution in [2.45, 2.75) is 24.5 Å². The maximum Gasteiger partial charge on any atom is 0.167 e. The van der Waals surface area contributed by atoms with E-state index >= 15 is 0 Å². The van der Waals surface area contributed by atoms with Gasteiger partial charge in [0.05, 0.1) is 12.9 Å². The second-order valence-electron chi connectivity index (χ2n) is 4.31. The quantitative estimate of drug-likeness (QED) is 0.450. The molecule has 1 radical (unpaired) electrons. The number of nitrogens with two attached hydrogens (primary N) is 1. The molecule has 2 aromatic rings. The summed E-state index contributed by atoms with van der Waals surface area (Å²) in [6.07, 6.45) is -1.42. The third-order valence-corrected chi connectivity index (χ3v) is 3.18. The predicted octanol–water partition coefficient (Wildman–Crippen LogP) is -2.36. The molecule has 1 saturated heterocycles. The summed E-state index contributed by atoms with van der Waals surface area (Å²) in [6.45, 7) is -0.390. The number of hydrogen-bond donors (Lipinski definition) is 4. The van der Waals surface area contributed by atoms with Gasteiger partial charge in [-0.2, -0.15) is 0 Å². The van der Waals surface area contributed by atoms with E-state index in [-0.39, 0.29) is 35.4 Å². The Morgan fingerprint density at radius 1 is 1.25 bits per heavy atom. The first-order chi connectivity index (χ1) is 9.13. The molecule has 0 amide bonds. The molecule has 0 bridgehead atoms. The van der Waals surface area contributed by atoms with Crippen LogP contribution in [0.1, 0.15) is 6.23 Å². The van der Waals surface area contributed by atoms with Gasteiger partial charge in [-0.3, -0.25) is 4.57 Å². The van der Waals surface area contributed by atoms with Crippen LogP contribution < -0.4 is 5.73 Å². The Morgan fingerprint density at radius 2 is 2.00 bits per heavy atom. The van der Waals surface area contributed by atoms with Crippen LogP contribution in [0.2, 0.25) is 0 Å². The fourth-order valence-corrected chi connectivity index (χ4v) is 2.17. The van der Waals surface area contributed by atoms with Crippen LogP contribution in [0.25, 0.3) is 11.2 Å². The SMILES string of the molecule is Nc1ncnc2c1ncn2[C@@H]1O[C@H](CO)[C@@H](O)[C@H]1O.[Na]. The molecule has 4 atom stereocenters. The van der Waals surface area contributed by atoms with Gasteiger partial charge in [0.2, 0.25) is 0 Å². The number of anilines is 1. The monoisotopic (exact) mass is 290 g/mol. The molecule has 0 spiro atoms. The number of aliphatic hydroxyl groups excluding tert-OH is 3. The van der Waals surface area contributed by atoms with Gasteiger partial charge >= 0.3 is 0 Å². The summed E-state index contributed by atoms with van der Waals surface area (Å²) in [7, 11) is 0. The van der Waals surface area contributed by atoms with Crippen LogP contribution in [0.3, 0.4) is 0 Å². The van der Waals surface area contributed by atoms with E-state index in [1.165, 1.54) is 17.2 Å². The second-order valence-corrected chi connectivity index (χ2v) is 4.31. The van der Waals surface area contributed by atoms with Gasteiger partial charge < -0.3 is 25.8 Å². The zero-order valence-electron chi connectivity index (χ0n) is 10.8. The molecule has 10 heteroatoms. The van der Waals surface area contributed by atoms with Crippen molar-refractivity contribution in [1.29, 1.82) is 0 Å². The number of aliphatic hydroxyl groups is 3. The van der Waals surface area contributed by atoms with Crippen molar-refractivity contribution >= 4 is 46.5 Å². The number of rotatable bonds is 2. The molecule has 1 fully saturated rings. The molecule has 103 valence electrons. The van der Waals surface area contributed by atoms with E-state index in [4.69, 9.17) is 15.6 Å². The van der Waals surface area contributed by atoms with Gasteiger partial charge in [0.15, 0.2) is 17.7 Å². The summed E-state index contributed by atoms with van der Waals surface area (Å²) >= 11 is 0. The summed E-state index contributed by atoms with van der Waals surface area (Å²) in [6, 6.07) is 0. The first kappa shape index (κ1) is 15.6.